The van der Waals surface area contributed by atoms with Crippen molar-refractivity contribution in [3.63, 3.8) is 0 Å². The average Bonchev–Trinajstić information content (AvgIpc) is 3.14. The number of amides is 1. The highest BCUT2D eigenvalue weighted by molar-refractivity contribution is 7.99. The van der Waals surface area contributed by atoms with Gasteiger partial charge in [0.25, 0.3) is 5.91 Å². The Morgan fingerprint density at radius 1 is 1.11 bits per heavy atom. The second-order valence-electron chi connectivity index (χ2n) is 6.08. The summed E-state index contributed by atoms with van der Waals surface area (Å²) in [5.41, 5.74) is 1.42. The van der Waals surface area contributed by atoms with Gasteiger partial charge >= 0.3 is 0 Å². The molecule has 3 aromatic rings. The third-order valence-corrected chi connectivity index (χ3v) is 4.95. The Morgan fingerprint density at radius 3 is 2.64 bits per heavy atom. The van der Waals surface area contributed by atoms with Crippen molar-refractivity contribution in [1.82, 2.24) is 25.1 Å². The predicted octanol–water partition coefficient (Wildman–Crippen LogP) is 2.84. The number of rotatable bonds is 9. The van der Waals surface area contributed by atoms with E-state index >= 15 is 0 Å². The molecule has 0 aliphatic heterocycles. The molecule has 144 valence electrons. The largest absolute Gasteiger partial charge is 0.345 e. The zero-order valence-corrected chi connectivity index (χ0v) is 16.4. The van der Waals surface area contributed by atoms with Crippen LogP contribution in [0.4, 0.5) is 0 Å². The number of nitrogens with zero attached hydrogens (tertiary/aromatic N) is 4. The van der Waals surface area contributed by atoms with Crippen molar-refractivity contribution >= 4 is 23.5 Å². The molecule has 3 rings (SSSR count). The molecule has 0 saturated carbocycles. The fourth-order valence-corrected chi connectivity index (χ4v) is 3.42. The van der Waals surface area contributed by atoms with Gasteiger partial charge in [-0.3, -0.25) is 14.6 Å². The third kappa shape index (κ3) is 5.04. The van der Waals surface area contributed by atoms with Gasteiger partial charge in [-0.25, -0.2) is 0 Å². The summed E-state index contributed by atoms with van der Waals surface area (Å²) in [5.74, 6) is 0.613. The van der Waals surface area contributed by atoms with Gasteiger partial charge in [0.15, 0.2) is 16.8 Å². The van der Waals surface area contributed by atoms with E-state index in [0.717, 1.165) is 24.4 Å². The lowest BCUT2D eigenvalue weighted by Gasteiger charge is -2.08. The number of hydrogen-bond donors (Lipinski definition) is 1. The van der Waals surface area contributed by atoms with E-state index in [1.165, 1.54) is 11.8 Å². The fourth-order valence-electron chi connectivity index (χ4n) is 2.60. The molecule has 8 heteroatoms. The highest BCUT2D eigenvalue weighted by Crippen LogP contribution is 2.23. The molecule has 0 aliphatic rings. The van der Waals surface area contributed by atoms with Crippen LogP contribution in [0.3, 0.4) is 0 Å². The van der Waals surface area contributed by atoms with Gasteiger partial charge in [-0.05, 0) is 30.7 Å². The molecular formula is C20H21N5O2S. The number of aromatic nitrogens is 4. The van der Waals surface area contributed by atoms with Crippen LogP contribution in [0.2, 0.25) is 0 Å². The van der Waals surface area contributed by atoms with Gasteiger partial charge in [-0.15, -0.1) is 10.2 Å². The van der Waals surface area contributed by atoms with Crippen molar-refractivity contribution in [3.8, 4) is 11.4 Å². The Bertz CT molecular complexity index is 928. The third-order valence-electron chi connectivity index (χ3n) is 3.93. The zero-order valence-electron chi connectivity index (χ0n) is 15.5. The second-order valence-corrected chi connectivity index (χ2v) is 7.02. The zero-order chi connectivity index (χ0) is 19.8. The second kappa shape index (κ2) is 9.80. The Hall–Kier alpha value is -3.00. The van der Waals surface area contributed by atoms with E-state index in [1.54, 1.807) is 36.7 Å². The monoisotopic (exact) mass is 395 g/mol. The van der Waals surface area contributed by atoms with Crippen molar-refractivity contribution in [3.05, 3.63) is 60.4 Å². The van der Waals surface area contributed by atoms with Crippen molar-refractivity contribution < 1.29 is 9.59 Å². The summed E-state index contributed by atoms with van der Waals surface area (Å²) in [6.07, 6.45) is 4.37. The molecule has 0 spiro atoms. The molecule has 1 aromatic carbocycles. The number of ketones is 1. The predicted molar refractivity (Wildman–Crippen MR) is 108 cm³/mol. The molecule has 0 fully saturated rings. The summed E-state index contributed by atoms with van der Waals surface area (Å²) in [7, 11) is 0. The van der Waals surface area contributed by atoms with Crippen LogP contribution in [0.15, 0.2) is 60.0 Å². The average molecular weight is 395 g/mol. The molecule has 1 N–H and O–H groups in total. The van der Waals surface area contributed by atoms with Crippen LogP contribution in [-0.2, 0) is 11.3 Å². The SMILES string of the molecule is CCCn1c(SCC(=O)CNC(=O)c2ccccc2)nnc1-c1cccnc1. The van der Waals surface area contributed by atoms with Gasteiger partial charge in [0.05, 0.1) is 12.3 Å². The number of nitrogens with one attached hydrogen (secondary N) is 1. The van der Waals surface area contributed by atoms with E-state index in [2.05, 4.69) is 27.4 Å². The van der Waals surface area contributed by atoms with Gasteiger partial charge in [0, 0.05) is 30.1 Å². The number of thioether (sulfide) groups is 1. The summed E-state index contributed by atoms with van der Waals surface area (Å²) in [5, 5.41) is 11.8. The van der Waals surface area contributed by atoms with Crippen molar-refractivity contribution in [2.24, 2.45) is 0 Å². The summed E-state index contributed by atoms with van der Waals surface area (Å²) in [6.45, 7) is 2.81. The van der Waals surface area contributed by atoms with Gasteiger partial charge in [0.1, 0.15) is 0 Å². The quantitative estimate of drug-likeness (QED) is 0.561. The first kappa shape index (κ1) is 19.8. The van der Waals surface area contributed by atoms with Crippen LogP contribution in [0.5, 0.6) is 0 Å². The molecule has 2 aromatic heterocycles. The summed E-state index contributed by atoms with van der Waals surface area (Å²) >= 11 is 1.33. The standard InChI is InChI=1S/C20H21N5O2S/c1-2-11-25-18(16-9-6-10-21-12-16)23-24-20(25)28-14-17(26)13-22-19(27)15-7-4-3-5-8-15/h3-10,12H,2,11,13-14H2,1H3,(H,22,27). The number of hydrogen-bond acceptors (Lipinski definition) is 6. The Morgan fingerprint density at radius 2 is 1.93 bits per heavy atom. The molecule has 0 atom stereocenters. The molecule has 0 aliphatic carbocycles. The molecule has 28 heavy (non-hydrogen) atoms. The smallest absolute Gasteiger partial charge is 0.251 e. The first-order valence-corrected chi connectivity index (χ1v) is 9.99. The Kier molecular flexibility index (Phi) is 6.91. The normalized spacial score (nSPS) is 10.6. The van der Waals surface area contributed by atoms with Crippen molar-refractivity contribution in [2.75, 3.05) is 12.3 Å². The molecule has 7 nitrogen and oxygen atoms in total. The van der Waals surface area contributed by atoms with Crippen LogP contribution in [-0.4, -0.2) is 43.7 Å². The van der Waals surface area contributed by atoms with Gasteiger partial charge in [-0.1, -0.05) is 36.9 Å². The first-order chi connectivity index (χ1) is 13.7. The van der Waals surface area contributed by atoms with E-state index in [-0.39, 0.29) is 24.0 Å². The topological polar surface area (TPSA) is 89.8 Å². The maximum atomic E-state index is 12.2. The van der Waals surface area contributed by atoms with E-state index in [9.17, 15) is 9.59 Å². The minimum Gasteiger partial charge on any atom is -0.345 e. The maximum absolute atomic E-state index is 12.2. The minimum atomic E-state index is -0.257. The molecule has 0 saturated heterocycles. The van der Waals surface area contributed by atoms with E-state index < -0.39 is 0 Å². The molecule has 0 unspecified atom stereocenters. The number of benzene rings is 1. The molecule has 0 radical (unpaired) electrons. The molecule has 0 bridgehead atoms. The number of pyridine rings is 1. The van der Waals surface area contributed by atoms with Crippen molar-refractivity contribution in [2.45, 2.75) is 25.0 Å². The summed E-state index contributed by atoms with van der Waals surface area (Å²) in [6, 6.07) is 12.6. The Balaban J connectivity index is 1.59. The highest BCUT2D eigenvalue weighted by Gasteiger charge is 2.15. The lowest BCUT2D eigenvalue weighted by Crippen LogP contribution is -2.30. The fraction of sp³-hybridized carbons (Fsp3) is 0.250. The summed E-state index contributed by atoms with van der Waals surface area (Å²) in [4.78, 5) is 28.3. The van der Waals surface area contributed by atoms with Crippen LogP contribution < -0.4 is 5.32 Å². The van der Waals surface area contributed by atoms with Gasteiger partial charge in [0.2, 0.25) is 0 Å². The first-order valence-electron chi connectivity index (χ1n) is 9.00. The van der Waals surface area contributed by atoms with Crippen molar-refractivity contribution in [1.29, 1.82) is 0 Å². The molecule has 2 heterocycles. The number of carbonyl (C=O) groups excluding carboxylic acids is 2. The lowest BCUT2D eigenvalue weighted by atomic mass is 10.2. The van der Waals surface area contributed by atoms with E-state index in [4.69, 9.17) is 0 Å². The van der Waals surface area contributed by atoms with Gasteiger partial charge in [-0.2, -0.15) is 0 Å². The maximum Gasteiger partial charge on any atom is 0.251 e. The number of Topliss-reactive ketones (excluding diaryl/α,β-unsaturated/α-hetero) is 1. The van der Waals surface area contributed by atoms with E-state index in [1.807, 2.05) is 22.8 Å². The highest BCUT2D eigenvalue weighted by atomic mass is 32.2. The minimum absolute atomic E-state index is 0.0158. The van der Waals surface area contributed by atoms with Crippen LogP contribution in [0, 0.1) is 0 Å². The van der Waals surface area contributed by atoms with Crippen LogP contribution in [0.1, 0.15) is 23.7 Å². The van der Waals surface area contributed by atoms with E-state index in [0.29, 0.717) is 10.7 Å². The summed E-state index contributed by atoms with van der Waals surface area (Å²) < 4.78 is 2.00. The molecule has 1 amide bonds. The van der Waals surface area contributed by atoms with Crippen LogP contribution in [0.25, 0.3) is 11.4 Å². The number of carbonyl (C=O) groups is 2. The van der Waals surface area contributed by atoms with Gasteiger partial charge < -0.3 is 9.88 Å². The Labute approximate surface area is 167 Å². The molecular weight excluding hydrogens is 374 g/mol. The van der Waals surface area contributed by atoms with Crippen LogP contribution >= 0.6 is 11.8 Å². The lowest BCUT2D eigenvalue weighted by molar-refractivity contribution is -0.115.